The molecule has 1 saturated heterocycles. The van der Waals surface area contributed by atoms with E-state index in [1.807, 2.05) is 32.6 Å². The summed E-state index contributed by atoms with van der Waals surface area (Å²) in [4.78, 5) is 26.2. The van der Waals surface area contributed by atoms with Gasteiger partial charge in [0.05, 0.1) is 0 Å². The van der Waals surface area contributed by atoms with Crippen molar-refractivity contribution in [2.75, 3.05) is 13.1 Å². The Kier molecular flexibility index (Phi) is 5.20. The summed E-state index contributed by atoms with van der Waals surface area (Å²) in [6, 6.07) is -0.490. The Balaban J connectivity index is 2.79. The van der Waals surface area contributed by atoms with Gasteiger partial charge in [-0.15, -0.1) is 0 Å². The molecule has 2 N–H and O–H groups in total. The van der Waals surface area contributed by atoms with Gasteiger partial charge >= 0.3 is 6.03 Å². The SMILES string of the molecule is CCNC(=O)NC(C(=O)N1CCCC1C)C(C)(C)C. The Morgan fingerprint density at radius 2 is 2.00 bits per heavy atom. The largest absolute Gasteiger partial charge is 0.338 e. The molecule has 0 aromatic carbocycles. The molecule has 1 rings (SSSR count). The Labute approximate surface area is 116 Å². The van der Waals surface area contributed by atoms with Crippen molar-refractivity contribution in [2.45, 2.75) is 59.5 Å². The van der Waals surface area contributed by atoms with Crippen molar-refractivity contribution in [1.82, 2.24) is 15.5 Å². The number of likely N-dealkylation sites (tertiary alicyclic amines) is 1. The standard InChI is InChI=1S/C14H27N3O2/c1-6-15-13(19)16-11(14(3,4)5)12(18)17-9-7-8-10(17)2/h10-11H,6-9H2,1-5H3,(H2,15,16,19). The molecule has 0 aromatic rings. The summed E-state index contributed by atoms with van der Waals surface area (Å²) in [5.74, 6) is 0.0313. The molecule has 3 amide bonds. The van der Waals surface area contributed by atoms with E-state index in [2.05, 4.69) is 17.6 Å². The van der Waals surface area contributed by atoms with Crippen LogP contribution in [0.3, 0.4) is 0 Å². The average molecular weight is 269 g/mol. The summed E-state index contributed by atoms with van der Waals surface area (Å²) in [7, 11) is 0. The summed E-state index contributed by atoms with van der Waals surface area (Å²) in [5, 5.41) is 5.50. The Hall–Kier alpha value is -1.26. The van der Waals surface area contributed by atoms with Crippen LogP contribution in [0, 0.1) is 5.41 Å². The molecular weight excluding hydrogens is 242 g/mol. The number of hydrogen-bond acceptors (Lipinski definition) is 2. The van der Waals surface area contributed by atoms with Crippen LogP contribution in [0.5, 0.6) is 0 Å². The highest BCUT2D eigenvalue weighted by Gasteiger charge is 2.38. The summed E-state index contributed by atoms with van der Waals surface area (Å²) < 4.78 is 0. The fraction of sp³-hybridized carbons (Fsp3) is 0.857. The zero-order valence-electron chi connectivity index (χ0n) is 12.7. The number of nitrogens with one attached hydrogen (secondary N) is 2. The molecule has 1 heterocycles. The van der Waals surface area contributed by atoms with E-state index in [9.17, 15) is 9.59 Å². The number of carbonyl (C=O) groups excluding carboxylic acids is 2. The second kappa shape index (κ2) is 6.26. The lowest BCUT2D eigenvalue weighted by Crippen LogP contribution is -2.57. The van der Waals surface area contributed by atoms with E-state index in [4.69, 9.17) is 0 Å². The molecule has 1 aliphatic heterocycles. The van der Waals surface area contributed by atoms with E-state index >= 15 is 0 Å². The second-order valence-electron chi connectivity index (χ2n) is 6.33. The molecule has 0 aromatic heterocycles. The number of urea groups is 1. The van der Waals surface area contributed by atoms with Crippen LogP contribution >= 0.6 is 0 Å². The smallest absolute Gasteiger partial charge is 0.315 e. The van der Waals surface area contributed by atoms with Crippen LogP contribution in [0.15, 0.2) is 0 Å². The van der Waals surface area contributed by atoms with Gasteiger partial charge in [-0.25, -0.2) is 4.79 Å². The lowest BCUT2D eigenvalue weighted by molar-refractivity contribution is -0.136. The van der Waals surface area contributed by atoms with Gasteiger partial charge in [-0.05, 0) is 32.1 Å². The third kappa shape index (κ3) is 4.11. The molecule has 0 aliphatic carbocycles. The summed E-state index contributed by atoms with van der Waals surface area (Å²) in [5.41, 5.74) is -0.301. The fourth-order valence-electron chi connectivity index (χ4n) is 2.42. The number of nitrogens with zero attached hydrogens (tertiary/aromatic N) is 1. The molecule has 2 atom stereocenters. The summed E-state index contributed by atoms with van der Waals surface area (Å²) >= 11 is 0. The Morgan fingerprint density at radius 3 is 2.42 bits per heavy atom. The van der Waals surface area contributed by atoms with E-state index in [1.54, 1.807) is 0 Å². The second-order valence-corrected chi connectivity index (χ2v) is 6.33. The zero-order chi connectivity index (χ0) is 14.6. The van der Waals surface area contributed by atoms with Gasteiger partial charge in [0.1, 0.15) is 6.04 Å². The van der Waals surface area contributed by atoms with Crippen LogP contribution in [-0.2, 0) is 4.79 Å². The molecule has 5 heteroatoms. The molecule has 110 valence electrons. The minimum absolute atomic E-state index is 0.0313. The van der Waals surface area contributed by atoms with Crippen LogP contribution in [0.4, 0.5) is 4.79 Å². The lowest BCUT2D eigenvalue weighted by atomic mass is 9.85. The van der Waals surface area contributed by atoms with Gasteiger partial charge in [0, 0.05) is 19.1 Å². The van der Waals surface area contributed by atoms with Gasteiger partial charge in [0.2, 0.25) is 5.91 Å². The lowest BCUT2D eigenvalue weighted by Gasteiger charge is -2.35. The van der Waals surface area contributed by atoms with E-state index in [0.29, 0.717) is 6.54 Å². The minimum Gasteiger partial charge on any atom is -0.338 e. The van der Waals surface area contributed by atoms with Gasteiger partial charge in [-0.2, -0.15) is 0 Å². The molecule has 0 saturated carbocycles. The van der Waals surface area contributed by atoms with Crippen LogP contribution in [0.25, 0.3) is 0 Å². The average Bonchev–Trinajstić information content (AvgIpc) is 2.70. The van der Waals surface area contributed by atoms with Crippen molar-refractivity contribution in [2.24, 2.45) is 5.41 Å². The van der Waals surface area contributed by atoms with Crippen molar-refractivity contribution in [3.8, 4) is 0 Å². The van der Waals surface area contributed by atoms with E-state index in [-0.39, 0.29) is 23.4 Å². The molecule has 0 bridgehead atoms. The van der Waals surface area contributed by atoms with Crippen LogP contribution in [-0.4, -0.2) is 42.0 Å². The third-order valence-corrected chi connectivity index (χ3v) is 3.56. The van der Waals surface area contributed by atoms with Crippen molar-refractivity contribution in [3.63, 3.8) is 0 Å². The summed E-state index contributed by atoms with van der Waals surface area (Å²) in [6.45, 7) is 11.2. The van der Waals surface area contributed by atoms with Gasteiger partial charge in [-0.3, -0.25) is 4.79 Å². The molecule has 2 unspecified atom stereocenters. The molecule has 1 aliphatic rings. The maximum Gasteiger partial charge on any atom is 0.315 e. The molecule has 5 nitrogen and oxygen atoms in total. The van der Waals surface area contributed by atoms with Crippen molar-refractivity contribution >= 4 is 11.9 Å². The molecular formula is C14H27N3O2. The predicted molar refractivity (Wildman–Crippen MR) is 75.9 cm³/mol. The number of carbonyl (C=O) groups is 2. The van der Waals surface area contributed by atoms with Crippen molar-refractivity contribution < 1.29 is 9.59 Å². The maximum atomic E-state index is 12.6. The Bertz CT molecular complexity index is 336. The van der Waals surface area contributed by atoms with E-state index in [1.165, 1.54) is 0 Å². The van der Waals surface area contributed by atoms with Gasteiger partial charge < -0.3 is 15.5 Å². The topological polar surface area (TPSA) is 61.4 Å². The zero-order valence-corrected chi connectivity index (χ0v) is 12.7. The van der Waals surface area contributed by atoms with E-state index < -0.39 is 6.04 Å². The van der Waals surface area contributed by atoms with Gasteiger partial charge in [0.25, 0.3) is 0 Å². The van der Waals surface area contributed by atoms with Crippen LogP contribution < -0.4 is 10.6 Å². The number of hydrogen-bond donors (Lipinski definition) is 2. The maximum absolute atomic E-state index is 12.6. The van der Waals surface area contributed by atoms with Crippen molar-refractivity contribution in [1.29, 1.82) is 0 Å². The van der Waals surface area contributed by atoms with Crippen LogP contribution in [0.1, 0.15) is 47.5 Å². The Morgan fingerprint density at radius 1 is 1.37 bits per heavy atom. The minimum atomic E-state index is -0.486. The molecule has 1 fully saturated rings. The molecule has 19 heavy (non-hydrogen) atoms. The van der Waals surface area contributed by atoms with Gasteiger partial charge in [0.15, 0.2) is 0 Å². The van der Waals surface area contributed by atoms with Crippen LogP contribution in [0.2, 0.25) is 0 Å². The highest BCUT2D eigenvalue weighted by Crippen LogP contribution is 2.25. The third-order valence-electron chi connectivity index (χ3n) is 3.56. The highest BCUT2D eigenvalue weighted by molar-refractivity contribution is 5.88. The van der Waals surface area contributed by atoms with Gasteiger partial charge in [-0.1, -0.05) is 20.8 Å². The first kappa shape index (κ1) is 15.8. The number of amides is 3. The van der Waals surface area contributed by atoms with Crippen molar-refractivity contribution in [3.05, 3.63) is 0 Å². The quantitative estimate of drug-likeness (QED) is 0.819. The summed E-state index contributed by atoms with van der Waals surface area (Å²) in [6.07, 6.45) is 2.09. The monoisotopic (exact) mass is 269 g/mol. The predicted octanol–water partition coefficient (Wildman–Crippen LogP) is 1.73. The first-order valence-corrected chi connectivity index (χ1v) is 7.12. The fourth-order valence-corrected chi connectivity index (χ4v) is 2.42. The first-order chi connectivity index (χ1) is 8.77. The number of rotatable bonds is 3. The molecule has 0 radical (unpaired) electrons. The highest BCUT2D eigenvalue weighted by atomic mass is 16.2. The molecule has 0 spiro atoms. The first-order valence-electron chi connectivity index (χ1n) is 7.12. The van der Waals surface area contributed by atoms with E-state index in [0.717, 1.165) is 19.4 Å². The normalized spacial score (nSPS) is 21.1.